The Morgan fingerprint density at radius 2 is 2.33 bits per heavy atom. The summed E-state index contributed by atoms with van der Waals surface area (Å²) < 4.78 is 18.2. The Hall–Kier alpha value is -0.880. The molecule has 0 amide bonds. The van der Waals surface area contributed by atoms with Gasteiger partial charge in [-0.2, -0.15) is 0 Å². The van der Waals surface area contributed by atoms with Gasteiger partial charge >= 0.3 is 0 Å². The van der Waals surface area contributed by atoms with Crippen LogP contribution in [0.3, 0.4) is 0 Å². The maximum atomic E-state index is 11.1. The molecule has 0 aliphatic carbocycles. The van der Waals surface area contributed by atoms with E-state index in [1.807, 2.05) is 13.1 Å². The van der Waals surface area contributed by atoms with Crippen molar-refractivity contribution >= 4 is 16.7 Å². The number of ether oxygens (including phenoxy) is 1. The number of aromatic nitrogens is 2. The minimum atomic E-state index is -0.736. The molecule has 104 valence electrons. The van der Waals surface area contributed by atoms with Crippen LogP contribution in [-0.4, -0.2) is 45.5 Å². The Morgan fingerprint density at radius 3 is 2.94 bits per heavy atom. The fraction of sp³-hybridized carbons (Fsp3) is 0.750. The van der Waals surface area contributed by atoms with Gasteiger partial charge in [0.1, 0.15) is 0 Å². The van der Waals surface area contributed by atoms with Crippen LogP contribution in [0.15, 0.2) is 6.20 Å². The van der Waals surface area contributed by atoms with Crippen LogP contribution in [0.25, 0.3) is 0 Å². The molecule has 2 unspecified atom stereocenters. The molecule has 0 saturated heterocycles. The molecule has 18 heavy (non-hydrogen) atoms. The second kappa shape index (κ2) is 7.53. The normalized spacial score (nSPS) is 14.4. The molecule has 0 radical (unpaired) electrons. The van der Waals surface area contributed by atoms with E-state index in [1.165, 1.54) is 0 Å². The Kier molecular flexibility index (Phi) is 6.35. The molecule has 6 heteroatoms. The average molecular weight is 273 g/mol. The number of aryl methyl sites for hydroxylation is 1. The average Bonchev–Trinajstić information content (AvgIpc) is 2.64. The van der Waals surface area contributed by atoms with Crippen molar-refractivity contribution < 1.29 is 8.95 Å². The molecule has 1 rings (SSSR count). The van der Waals surface area contributed by atoms with Crippen LogP contribution in [0.5, 0.6) is 0 Å². The van der Waals surface area contributed by atoms with Gasteiger partial charge in [0.2, 0.25) is 5.95 Å². The quantitative estimate of drug-likeness (QED) is 0.778. The minimum Gasteiger partial charge on any atom is -0.383 e. The summed E-state index contributed by atoms with van der Waals surface area (Å²) in [7, 11) is 0.954. The van der Waals surface area contributed by atoms with E-state index in [0.717, 1.165) is 24.6 Å². The second-order valence-corrected chi connectivity index (χ2v) is 6.06. The Morgan fingerprint density at radius 1 is 1.61 bits per heavy atom. The third kappa shape index (κ3) is 5.18. The topological polar surface area (TPSA) is 56.1 Å². The Bertz CT molecular complexity index is 393. The number of hydrogen-bond acceptors (Lipinski definition) is 4. The van der Waals surface area contributed by atoms with Gasteiger partial charge in [0.25, 0.3) is 0 Å². The summed E-state index contributed by atoms with van der Waals surface area (Å²) in [5.74, 6) is 1.57. The predicted octanol–water partition coefficient (Wildman–Crippen LogP) is 1.41. The Labute approximate surface area is 111 Å². The van der Waals surface area contributed by atoms with Gasteiger partial charge in [-0.15, -0.1) is 0 Å². The zero-order valence-corrected chi connectivity index (χ0v) is 12.4. The number of nitrogens with one attached hydrogen (secondary N) is 1. The monoisotopic (exact) mass is 273 g/mol. The molecule has 1 N–H and O–H groups in total. The number of rotatable bonds is 8. The van der Waals surface area contributed by atoms with Crippen molar-refractivity contribution in [2.45, 2.75) is 32.9 Å². The molecule has 0 bridgehead atoms. The first-order valence-electron chi connectivity index (χ1n) is 6.12. The second-order valence-electron chi connectivity index (χ2n) is 4.50. The van der Waals surface area contributed by atoms with E-state index in [2.05, 4.69) is 21.8 Å². The summed E-state index contributed by atoms with van der Waals surface area (Å²) in [4.78, 5) is 4.45. The molecule has 1 heterocycles. The van der Waals surface area contributed by atoms with Crippen LogP contribution in [0, 0.1) is 6.92 Å². The van der Waals surface area contributed by atoms with Crippen molar-refractivity contribution in [2.24, 2.45) is 0 Å². The highest BCUT2D eigenvalue weighted by Crippen LogP contribution is 2.11. The maximum absolute atomic E-state index is 11.1. The number of imidazole rings is 1. The number of methoxy groups -OCH3 is 1. The summed E-state index contributed by atoms with van der Waals surface area (Å²) in [5, 5.41) is 3.36. The SMILES string of the molecule is COCCn1cc(C)nc1NC(C)CCS(C)=O. The first-order chi connectivity index (χ1) is 8.52. The zero-order valence-electron chi connectivity index (χ0n) is 11.6. The van der Waals surface area contributed by atoms with Gasteiger partial charge in [0.15, 0.2) is 0 Å². The highest BCUT2D eigenvalue weighted by atomic mass is 32.2. The van der Waals surface area contributed by atoms with Crippen molar-refractivity contribution in [3.8, 4) is 0 Å². The minimum absolute atomic E-state index is 0.261. The van der Waals surface area contributed by atoms with Crippen molar-refractivity contribution in [3.63, 3.8) is 0 Å². The lowest BCUT2D eigenvalue weighted by Gasteiger charge is -2.15. The molecule has 2 atom stereocenters. The molecule has 5 nitrogen and oxygen atoms in total. The van der Waals surface area contributed by atoms with Gasteiger partial charge in [-0.25, -0.2) is 4.98 Å². The van der Waals surface area contributed by atoms with Crippen LogP contribution in [0.4, 0.5) is 5.95 Å². The molecule has 0 aromatic carbocycles. The third-order valence-corrected chi connectivity index (χ3v) is 3.46. The summed E-state index contributed by atoms with van der Waals surface area (Å²) >= 11 is 0. The Balaban J connectivity index is 2.56. The van der Waals surface area contributed by atoms with Crippen LogP contribution in [-0.2, 0) is 22.1 Å². The van der Waals surface area contributed by atoms with Crippen molar-refractivity contribution in [1.82, 2.24) is 9.55 Å². The van der Waals surface area contributed by atoms with Gasteiger partial charge < -0.3 is 14.6 Å². The smallest absolute Gasteiger partial charge is 0.203 e. The number of hydrogen-bond donors (Lipinski definition) is 1. The van der Waals surface area contributed by atoms with E-state index >= 15 is 0 Å². The molecule has 0 saturated carbocycles. The standard InChI is InChI=1S/C12H23N3O2S/c1-10(5-8-18(4)16)13-12-14-11(2)9-15(12)6-7-17-3/h9-10H,5-8H2,1-4H3,(H,13,14). The first-order valence-corrected chi connectivity index (χ1v) is 7.85. The third-order valence-electron chi connectivity index (χ3n) is 2.65. The van der Waals surface area contributed by atoms with Crippen LogP contribution < -0.4 is 5.32 Å². The van der Waals surface area contributed by atoms with E-state index in [9.17, 15) is 4.21 Å². The van der Waals surface area contributed by atoms with E-state index < -0.39 is 10.8 Å². The van der Waals surface area contributed by atoms with Gasteiger partial charge in [0.05, 0.1) is 12.3 Å². The molecule has 1 aromatic rings. The van der Waals surface area contributed by atoms with E-state index in [1.54, 1.807) is 13.4 Å². The van der Waals surface area contributed by atoms with Crippen LogP contribution in [0.2, 0.25) is 0 Å². The molecule has 0 aliphatic heterocycles. The summed E-state index contributed by atoms with van der Waals surface area (Å²) in [6.07, 6.45) is 4.61. The number of anilines is 1. The molecule has 0 spiro atoms. The highest BCUT2D eigenvalue weighted by molar-refractivity contribution is 7.84. The maximum Gasteiger partial charge on any atom is 0.203 e. The van der Waals surface area contributed by atoms with Gasteiger partial charge in [-0.05, 0) is 20.3 Å². The lowest BCUT2D eigenvalue weighted by Crippen LogP contribution is -2.21. The summed E-state index contributed by atoms with van der Waals surface area (Å²) in [5.41, 5.74) is 0.986. The van der Waals surface area contributed by atoms with Crippen molar-refractivity contribution in [3.05, 3.63) is 11.9 Å². The van der Waals surface area contributed by atoms with E-state index in [0.29, 0.717) is 12.4 Å². The molecule has 1 aromatic heterocycles. The summed E-state index contributed by atoms with van der Waals surface area (Å²) in [6, 6.07) is 0.261. The fourth-order valence-corrected chi connectivity index (χ4v) is 2.34. The lowest BCUT2D eigenvalue weighted by molar-refractivity contribution is 0.187. The molecular weight excluding hydrogens is 250 g/mol. The molecule has 0 aliphatic rings. The van der Waals surface area contributed by atoms with Gasteiger partial charge in [-0.3, -0.25) is 4.21 Å². The zero-order chi connectivity index (χ0) is 13.5. The summed E-state index contributed by atoms with van der Waals surface area (Å²) in [6.45, 7) is 5.50. The number of nitrogens with zero attached hydrogens (tertiary/aromatic N) is 2. The molecule has 0 fully saturated rings. The molecular formula is C12H23N3O2S. The highest BCUT2D eigenvalue weighted by Gasteiger charge is 2.09. The van der Waals surface area contributed by atoms with E-state index in [4.69, 9.17) is 4.74 Å². The fourth-order valence-electron chi connectivity index (χ4n) is 1.66. The van der Waals surface area contributed by atoms with Crippen LogP contribution >= 0.6 is 0 Å². The first kappa shape index (κ1) is 15.2. The largest absolute Gasteiger partial charge is 0.383 e. The van der Waals surface area contributed by atoms with Gasteiger partial charge in [0, 0.05) is 48.7 Å². The van der Waals surface area contributed by atoms with Crippen molar-refractivity contribution in [2.75, 3.05) is 31.0 Å². The van der Waals surface area contributed by atoms with Crippen molar-refractivity contribution in [1.29, 1.82) is 0 Å². The lowest BCUT2D eigenvalue weighted by atomic mass is 10.3. The predicted molar refractivity (Wildman–Crippen MR) is 75.5 cm³/mol. The van der Waals surface area contributed by atoms with E-state index in [-0.39, 0.29) is 6.04 Å². The van der Waals surface area contributed by atoms with Crippen LogP contribution in [0.1, 0.15) is 19.0 Å². The van der Waals surface area contributed by atoms with Gasteiger partial charge in [-0.1, -0.05) is 0 Å².